The van der Waals surface area contributed by atoms with Crippen LogP contribution in [0.5, 0.6) is 0 Å². The van der Waals surface area contributed by atoms with E-state index in [1.165, 1.54) is 30.1 Å². The summed E-state index contributed by atoms with van der Waals surface area (Å²) in [5.74, 6) is -0.868. The lowest BCUT2D eigenvalue weighted by Gasteiger charge is -2.24. The molecule has 3 rings (SSSR count). The maximum atomic E-state index is 13.3. The molecule has 33 heavy (non-hydrogen) atoms. The van der Waals surface area contributed by atoms with Gasteiger partial charge in [0.2, 0.25) is 5.91 Å². The van der Waals surface area contributed by atoms with Gasteiger partial charge in [0.1, 0.15) is 0 Å². The summed E-state index contributed by atoms with van der Waals surface area (Å²) in [5, 5.41) is 3.10. The number of rotatable bonds is 7. The molecule has 0 heterocycles. The van der Waals surface area contributed by atoms with Gasteiger partial charge in [-0.2, -0.15) is 13.2 Å². The van der Waals surface area contributed by atoms with Gasteiger partial charge in [-0.15, -0.1) is 0 Å². The van der Waals surface area contributed by atoms with E-state index in [1.54, 1.807) is 54.6 Å². The highest BCUT2D eigenvalue weighted by atomic mass is 35.5. The van der Waals surface area contributed by atoms with Crippen molar-refractivity contribution >= 4 is 23.4 Å². The number of alkyl halides is 3. The van der Waals surface area contributed by atoms with Crippen LogP contribution < -0.4 is 5.32 Å². The summed E-state index contributed by atoms with van der Waals surface area (Å²) >= 11 is 6.12. The molecule has 0 spiro atoms. The summed E-state index contributed by atoms with van der Waals surface area (Å²) in [6.07, 6.45) is -4.65. The van der Waals surface area contributed by atoms with Gasteiger partial charge < -0.3 is 10.2 Å². The van der Waals surface area contributed by atoms with Crippen molar-refractivity contribution < 1.29 is 22.8 Å². The SMILES string of the molecule is CN(Cc1ccccc1C(F)(F)F)C(=O)C[C@@H](NC(=O)c1ccccc1Cl)c1ccccc1. The molecule has 0 aliphatic rings. The number of amides is 2. The first-order chi connectivity index (χ1) is 15.7. The van der Waals surface area contributed by atoms with Crippen LogP contribution >= 0.6 is 11.6 Å². The predicted octanol–water partition coefficient (Wildman–Crippen LogP) is 5.88. The van der Waals surface area contributed by atoms with Crippen LogP contribution in [-0.4, -0.2) is 23.8 Å². The van der Waals surface area contributed by atoms with Crippen molar-refractivity contribution in [1.29, 1.82) is 0 Å². The Morgan fingerprint density at radius 2 is 1.55 bits per heavy atom. The van der Waals surface area contributed by atoms with Gasteiger partial charge in [0.15, 0.2) is 0 Å². The van der Waals surface area contributed by atoms with E-state index in [2.05, 4.69) is 5.32 Å². The second-order valence-electron chi connectivity index (χ2n) is 7.53. The Morgan fingerprint density at radius 3 is 2.21 bits per heavy atom. The minimum absolute atomic E-state index is 0.00258. The molecule has 4 nitrogen and oxygen atoms in total. The van der Waals surface area contributed by atoms with Crippen molar-refractivity contribution in [1.82, 2.24) is 10.2 Å². The summed E-state index contributed by atoms with van der Waals surface area (Å²) in [7, 11) is 1.44. The molecule has 3 aromatic carbocycles. The molecule has 172 valence electrons. The first-order valence-electron chi connectivity index (χ1n) is 10.2. The van der Waals surface area contributed by atoms with E-state index >= 15 is 0 Å². The Hall–Kier alpha value is -3.32. The molecule has 0 bridgehead atoms. The lowest BCUT2D eigenvalue weighted by molar-refractivity contribution is -0.139. The summed E-state index contributed by atoms with van der Waals surface area (Å²) in [6, 6.07) is 19.9. The third-order valence-corrected chi connectivity index (χ3v) is 5.49. The summed E-state index contributed by atoms with van der Waals surface area (Å²) < 4.78 is 39.9. The van der Waals surface area contributed by atoms with E-state index in [0.717, 1.165) is 6.07 Å². The molecule has 0 aromatic heterocycles. The summed E-state index contributed by atoms with van der Waals surface area (Å²) in [4.78, 5) is 27.0. The number of hydrogen-bond acceptors (Lipinski definition) is 2. The first kappa shape index (κ1) is 24.3. The number of nitrogens with one attached hydrogen (secondary N) is 1. The van der Waals surface area contributed by atoms with Gasteiger partial charge in [-0.05, 0) is 29.3 Å². The molecular formula is C25H22ClF3N2O2. The molecule has 1 atom stereocenters. The molecule has 1 N–H and O–H groups in total. The molecule has 0 unspecified atom stereocenters. The molecular weight excluding hydrogens is 453 g/mol. The first-order valence-corrected chi connectivity index (χ1v) is 10.5. The van der Waals surface area contributed by atoms with Gasteiger partial charge in [0.05, 0.1) is 28.6 Å². The topological polar surface area (TPSA) is 49.4 Å². The fourth-order valence-electron chi connectivity index (χ4n) is 3.43. The fraction of sp³-hybridized carbons (Fsp3) is 0.200. The third-order valence-electron chi connectivity index (χ3n) is 5.16. The number of carbonyl (C=O) groups excluding carboxylic acids is 2. The largest absolute Gasteiger partial charge is 0.416 e. The van der Waals surface area contributed by atoms with Crippen molar-refractivity contribution in [2.75, 3.05) is 7.05 Å². The molecule has 0 saturated carbocycles. The van der Waals surface area contributed by atoms with Crippen LogP contribution in [0.25, 0.3) is 0 Å². The molecule has 8 heteroatoms. The Labute approximate surface area is 195 Å². The maximum Gasteiger partial charge on any atom is 0.416 e. The van der Waals surface area contributed by atoms with Crippen LogP contribution in [0.4, 0.5) is 13.2 Å². The zero-order chi connectivity index (χ0) is 24.0. The molecule has 2 amide bonds. The number of carbonyl (C=O) groups is 2. The van der Waals surface area contributed by atoms with Gasteiger partial charge in [-0.25, -0.2) is 0 Å². The average Bonchev–Trinajstić information content (AvgIpc) is 2.79. The molecule has 0 aliphatic carbocycles. The Bertz CT molecular complexity index is 1120. The smallest absolute Gasteiger partial charge is 0.345 e. The predicted molar refractivity (Wildman–Crippen MR) is 121 cm³/mol. The Kier molecular flexibility index (Phi) is 7.76. The van der Waals surface area contributed by atoms with E-state index in [-0.39, 0.29) is 29.1 Å². The van der Waals surface area contributed by atoms with Crippen molar-refractivity contribution in [3.8, 4) is 0 Å². The Morgan fingerprint density at radius 1 is 0.939 bits per heavy atom. The lowest BCUT2D eigenvalue weighted by Crippen LogP contribution is -2.35. The van der Waals surface area contributed by atoms with Crippen LogP contribution in [0.3, 0.4) is 0 Å². The normalized spacial score (nSPS) is 12.2. The number of hydrogen-bond donors (Lipinski definition) is 1. The molecule has 0 fully saturated rings. The lowest BCUT2D eigenvalue weighted by atomic mass is 10.0. The van der Waals surface area contributed by atoms with Crippen LogP contribution in [0.1, 0.15) is 39.5 Å². The molecule has 0 saturated heterocycles. The fourth-order valence-corrected chi connectivity index (χ4v) is 3.65. The van der Waals surface area contributed by atoms with Crippen molar-refractivity contribution in [2.45, 2.75) is 25.2 Å². The van der Waals surface area contributed by atoms with Crippen LogP contribution in [-0.2, 0) is 17.5 Å². The summed E-state index contributed by atoms with van der Waals surface area (Å²) in [6.45, 7) is -0.214. The van der Waals surface area contributed by atoms with Crippen molar-refractivity contribution in [3.63, 3.8) is 0 Å². The standard InChI is InChI=1S/C25H22ClF3N2O2/c1-31(16-18-11-5-7-13-20(18)25(27,28)29)23(32)15-22(17-9-3-2-4-10-17)30-24(33)19-12-6-8-14-21(19)26/h2-14,22H,15-16H2,1H3,(H,30,33)/t22-/m1/s1. The van der Waals surface area contributed by atoms with Crippen molar-refractivity contribution in [3.05, 3.63) is 106 Å². The van der Waals surface area contributed by atoms with Crippen molar-refractivity contribution in [2.24, 2.45) is 0 Å². The number of nitrogens with zero attached hydrogens (tertiary/aromatic N) is 1. The molecule has 0 aliphatic heterocycles. The molecule has 3 aromatic rings. The van der Waals surface area contributed by atoms with E-state index in [1.807, 2.05) is 0 Å². The Balaban J connectivity index is 1.78. The molecule has 0 radical (unpaired) electrons. The highest BCUT2D eigenvalue weighted by Gasteiger charge is 2.33. The van der Waals surface area contributed by atoms with E-state index < -0.39 is 29.6 Å². The van der Waals surface area contributed by atoms with Crippen LogP contribution in [0, 0.1) is 0 Å². The van der Waals surface area contributed by atoms with Gasteiger partial charge in [0.25, 0.3) is 5.91 Å². The van der Waals surface area contributed by atoms with E-state index in [4.69, 9.17) is 11.6 Å². The second-order valence-corrected chi connectivity index (χ2v) is 7.93. The average molecular weight is 475 g/mol. The summed E-state index contributed by atoms with van der Waals surface area (Å²) in [5.41, 5.74) is 0.170. The highest BCUT2D eigenvalue weighted by molar-refractivity contribution is 6.33. The van der Waals surface area contributed by atoms with E-state index in [0.29, 0.717) is 5.56 Å². The second kappa shape index (κ2) is 10.5. The van der Waals surface area contributed by atoms with Gasteiger partial charge in [-0.1, -0.05) is 72.3 Å². The quantitative estimate of drug-likeness (QED) is 0.465. The minimum Gasteiger partial charge on any atom is -0.345 e. The van der Waals surface area contributed by atoms with Crippen LogP contribution in [0.15, 0.2) is 78.9 Å². The highest BCUT2D eigenvalue weighted by Crippen LogP contribution is 2.32. The minimum atomic E-state index is -4.52. The zero-order valence-electron chi connectivity index (χ0n) is 17.8. The van der Waals surface area contributed by atoms with Gasteiger partial charge >= 0.3 is 6.18 Å². The maximum absolute atomic E-state index is 13.3. The monoisotopic (exact) mass is 474 g/mol. The number of benzene rings is 3. The van der Waals surface area contributed by atoms with E-state index in [9.17, 15) is 22.8 Å². The van der Waals surface area contributed by atoms with Crippen LogP contribution in [0.2, 0.25) is 5.02 Å². The number of halogens is 4. The third kappa shape index (κ3) is 6.35. The van der Waals surface area contributed by atoms with Gasteiger partial charge in [0, 0.05) is 13.6 Å². The zero-order valence-corrected chi connectivity index (χ0v) is 18.5. The van der Waals surface area contributed by atoms with Gasteiger partial charge in [-0.3, -0.25) is 9.59 Å².